The molecule has 1 aliphatic rings. The highest BCUT2D eigenvalue weighted by Gasteiger charge is 2.16. The highest BCUT2D eigenvalue weighted by molar-refractivity contribution is 9.10. The number of ether oxygens (including phenoxy) is 2. The molecule has 0 fully saturated rings. The number of carbonyl (C=O) groups excluding carboxylic acids is 2. The standard InChI is InChI=1S/C22H21BrN2O4/c1-14(15-3-6-20-21(9-15)29-8-2-7-28-20)24-22(27)12-25-11-16(13-26)18-10-17(23)4-5-19(18)25/h3-6,9-11,13-14H,2,7-8,12H2,1H3,(H,24,27). The first-order valence-corrected chi connectivity index (χ1v) is 10.3. The van der Waals surface area contributed by atoms with E-state index in [4.69, 9.17) is 9.47 Å². The van der Waals surface area contributed by atoms with E-state index in [1.807, 2.05) is 43.3 Å². The van der Waals surface area contributed by atoms with Gasteiger partial charge in [-0.1, -0.05) is 22.0 Å². The van der Waals surface area contributed by atoms with Gasteiger partial charge in [0.05, 0.1) is 19.3 Å². The molecule has 0 saturated carbocycles. The summed E-state index contributed by atoms with van der Waals surface area (Å²) < 4.78 is 14.1. The van der Waals surface area contributed by atoms with Crippen molar-refractivity contribution in [1.82, 2.24) is 9.88 Å². The molecule has 150 valence electrons. The van der Waals surface area contributed by atoms with Crippen LogP contribution in [0.3, 0.4) is 0 Å². The van der Waals surface area contributed by atoms with Gasteiger partial charge < -0.3 is 19.4 Å². The minimum atomic E-state index is -0.193. The van der Waals surface area contributed by atoms with Gasteiger partial charge in [0.15, 0.2) is 17.8 Å². The number of aromatic nitrogens is 1. The number of benzene rings is 2. The number of nitrogens with zero attached hydrogens (tertiary/aromatic N) is 1. The summed E-state index contributed by atoms with van der Waals surface area (Å²) in [5, 5.41) is 3.83. The summed E-state index contributed by atoms with van der Waals surface area (Å²) in [6.45, 7) is 3.32. The van der Waals surface area contributed by atoms with Crippen molar-refractivity contribution in [2.75, 3.05) is 13.2 Å². The third-order valence-corrected chi connectivity index (χ3v) is 5.46. The van der Waals surface area contributed by atoms with Gasteiger partial charge in [0, 0.05) is 33.6 Å². The van der Waals surface area contributed by atoms with E-state index >= 15 is 0 Å². The van der Waals surface area contributed by atoms with Gasteiger partial charge in [-0.05, 0) is 42.8 Å². The molecule has 4 rings (SSSR count). The summed E-state index contributed by atoms with van der Waals surface area (Å²) in [6.07, 6.45) is 3.37. The van der Waals surface area contributed by atoms with Crippen LogP contribution in [0.25, 0.3) is 10.9 Å². The van der Waals surface area contributed by atoms with Gasteiger partial charge in [0.25, 0.3) is 0 Å². The summed E-state index contributed by atoms with van der Waals surface area (Å²) in [5.74, 6) is 1.30. The normalized spacial score (nSPS) is 14.3. The fourth-order valence-corrected chi connectivity index (χ4v) is 3.86. The molecule has 1 N–H and O–H groups in total. The zero-order valence-electron chi connectivity index (χ0n) is 16.0. The van der Waals surface area contributed by atoms with Crippen molar-refractivity contribution in [2.45, 2.75) is 25.9 Å². The molecular formula is C22H21BrN2O4. The molecule has 0 aliphatic carbocycles. The number of amides is 1. The van der Waals surface area contributed by atoms with Crippen molar-refractivity contribution in [3.63, 3.8) is 0 Å². The lowest BCUT2D eigenvalue weighted by Gasteiger charge is -2.17. The van der Waals surface area contributed by atoms with Crippen molar-refractivity contribution >= 4 is 39.0 Å². The number of hydrogen-bond donors (Lipinski definition) is 1. The molecule has 1 aromatic heterocycles. The van der Waals surface area contributed by atoms with Crippen molar-refractivity contribution < 1.29 is 19.1 Å². The van der Waals surface area contributed by atoms with E-state index < -0.39 is 0 Å². The first-order chi connectivity index (χ1) is 14.0. The molecule has 1 unspecified atom stereocenters. The largest absolute Gasteiger partial charge is 0.490 e. The maximum absolute atomic E-state index is 12.7. The topological polar surface area (TPSA) is 69.6 Å². The number of rotatable bonds is 5. The fraction of sp³-hybridized carbons (Fsp3) is 0.273. The summed E-state index contributed by atoms with van der Waals surface area (Å²) in [4.78, 5) is 24.0. The summed E-state index contributed by atoms with van der Waals surface area (Å²) in [5.41, 5.74) is 2.34. The average Bonchev–Trinajstić information content (AvgIpc) is 2.88. The lowest BCUT2D eigenvalue weighted by atomic mass is 10.1. The Hall–Kier alpha value is -2.80. The summed E-state index contributed by atoms with van der Waals surface area (Å²) in [7, 11) is 0. The van der Waals surface area contributed by atoms with Gasteiger partial charge >= 0.3 is 0 Å². The first kappa shape index (κ1) is 19.5. The zero-order chi connectivity index (χ0) is 20.4. The van der Waals surface area contributed by atoms with Crippen molar-refractivity contribution in [3.05, 3.63) is 58.2 Å². The SMILES string of the molecule is CC(NC(=O)Cn1cc(C=O)c2cc(Br)ccc21)c1ccc2c(c1)OCCCO2. The van der Waals surface area contributed by atoms with Crippen molar-refractivity contribution in [3.8, 4) is 11.5 Å². The highest BCUT2D eigenvalue weighted by Crippen LogP contribution is 2.32. The molecular weight excluding hydrogens is 436 g/mol. The summed E-state index contributed by atoms with van der Waals surface area (Å²) in [6, 6.07) is 11.2. The Morgan fingerprint density at radius 1 is 1.21 bits per heavy atom. The number of aldehydes is 1. The second kappa shape index (κ2) is 8.29. The molecule has 0 spiro atoms. The lowest BCUT2D eigenvalue weighted by Crippen LogP contribution is -2.29. The Morgan fingerprint density at radius 2 is 2.00 bits per heavy atom. The van der Waals surface area contributed by atoms with E-state index in [1.165, 1.54) is 0 Å². The van der Waals surface area contributed by atoms with Gasteiger partial charge in [0.2, 0.25) is 5.91 Å². The molecule has 1 atom stereocenters. The maximum atomic E-state index is 12.7. The van der Waals surface area contributed by atoms with Gasteiger partial charge in [-0.2, -0.15) is 0 Å². The molecule has 0 bridgehead atoms. The molecule has 29 heavy (non-hydrogen) atoms. The predicted octanol–water partition coefficient (Wildman–Crippen LogP) is 4.26. The molecule has 3 aromatic rings. The smallest absolute Gasteiger partial charge is 0.240 e. The Bertz CT molecular complexity index is 1080. The van der Waals surface area contributed by atoms with E-state index in [0.29, 0.717) is 24.5 Å². The Kier molecular flexibility index (Phi) is 5.58. The molecule has 2 heterocycles. The molecule has 0 radical (unpaired) electrons. The number of fused-ring (bicyclic) bond motifs is 2. The predicted molar refractivity (Wildman–Crippen MR) is 114 cm³/mol. The minimum absolute atomic E-state index is 0.126. The van der Waals surface area contributed by atoms with E-state index in [1.54, 1.807) is 10.8 Å². The van der Waals surface area contributed by atoms with Crippen molar-refractivity contribution in [1.29, 1.82) is 0 Å². The van der Waals surface area contributed by atoms with Gasteiger partial charge in [-0.3, -0.25) is 9.59 Å². The van der Waals surface area contributed by atoms with E-state index in [-0.39, 0.29) is 18.5 Å². The Balaban J connectivity index is 1.49. The minimum Gasteiger partial charge on any atom is -0.490 e. The van der Waals surface area contributed by atoms with Gasteiger partial charge in [-0.15, -0.1) is 0 Å². The third kappa shape index (κ3) is 4.15. The average molecular weight is 457 g/mol. The molecule has 0 saturated heterocycles. The molecule has 1 amide bonds. The zero-order valence-corrected chi connectivity index (χ0v) is 17.6. The molecule has 7 heteroatoms. The van der Waals surface area contributed by atoms with Crippen LogP contribution in [-0.2, 0) is 11.3 Å². The lowest BCUT2D eigenvalue weighted by molar-refractivity contribution is -0.122. The molecule has 1 aliphatic heterocycles. The van der Waals surface area contributed by atoms with Gasteiger partial charge in [-0.25, -0.2) is 0 Å². The number of nitrogens with one attached hydrogen (secondary N) is 1. The monoisotopic (exact) mass is 456 g/mol. The third-order valence-electron chi connectivity index (χ3n) is 4.96. The summed E-state index contributed by atoms with van der Waals surface area (Å²) >= 11 is 3.42. The second-order valence-corrected chi connectivity index (χ2v) is 7.95. The van der Waals surface area contributed by atoms with Crippen LogP contribution in [0.4, 0.5) is 0 Å². The van der Waals surface area contributed by atoms with E-state index in [0.717, 1.165) is 39.4 Å². The molecule has 6 nitrogen and oxygen atoms in total. The van der Waals surface area contributed by atoms with Crippen LogP contribution in [0.5, 0.6) is 11.5 Å². The van der Waals surface area contributed by atoms with Crippen LogP contribution in [0, 0.1) is 0 Å². The molecule has 2 aromatic carbocycles. The van der Waals surface area contributed by atoms with Crippen LogP contribution < -0.4 is 14.8 Å². The quantitative estimate of drug-likeness (QED) is 0.582. The van der Waals surface area contributed by atoms with Crippen LogP contribution in [0.1, 0.15) is 35.3 Å². The van der Waals surface area contributed by atoms with Crippen LogP contribution in [0.2, 0.25) is 0 Å². The van der Waals surface area contributed by atoms with Gasteiger partial charge in [0.1, 0.15) is 6.54 Å². The van der Waals surface area contributed by atoms with Crippen molar-refractivity contribution in [2.24, 2.45) is 0 Å². The van der Waals surface area contributed by atoms with Crippen LogP contribution in [0.15, 0.2) is 47.1 Å². The fourth-order valence-electron chi connectivity index (χ4n) is 3.50. The maximum Gasteiger partial charge on any atom is 0.240 e. The number of carbonyl (C=O) groups is 2. The Labute approximate surface area is 176 Å². The van der Waals surface area contributed by atoms with Crippen LogP contribution in [-0.4, -0.2) is 30.0 Å². The highest BCUT2D eigenvalue weighted by atomic mass is 79.9. The number of halogens is 1. The number of hydrogen-bond acceptors (Lipinski definition) is 4. The first-order valence-electron chi connectivity index (χ1n) is 9.47. The van der Waals surface area contributed by atoms with Crippen LogP contribution >= 0.6 is 15.9 Å². The second-order valence-electron chi connectivity index (χ2n) is 7.04. The Morgan fingerprint density at radius 3 is 2.79 bits per heavy atom. The van der Waals surface area contributed by atoms with E-state index in [9.17, 15) is 9.59 Å². The van der Waals surface area contributed by atoms with E-state index in [2.05, 4.69) is 21.2 Å².